The average Bonchev–Trinajstić information content (AvgIpc) is 3.18. The van der Waals surface area contributed by atoms with Crippen LogP contribution in [0.5, 0.6) is 0 Å². The number of nitrogens with zero attached hydrogens (tertiary/aromatic N) is 2. The minimum atomic E-state index is -0.630. The fourth-order valence-electron chi connectivity index (χ4n) is 3.23. The van der Waals surface area contributed by atoms with Crippen molar-refractivity contribution in [2.75, 3.05) is 5.32 Å². The molecule has 1 atom stereocenters. The molecule has 7 heteroatoms. The molecule has 1 aromatic heterocycles. The standard InChI is InChI=1S/C23H18ClF2N3O/c1-13-6-9-20(14(2)10-13)27-21(18-8-7-17(26)12-19(18)24)23-29-28-22(30-23)15-4-3-5-16(25)11-15/h3-12,21,27H,1-2H3. The second kappa shape index (κ2) is 8.24. The molecule has 1 heterocycles. The fraction of sp³-hybridized carbons (Fsp3) is 0.130. The zero-order valence-corrected chi connectivity index (χ0v) is 17.0. The highest BCUT2D eigenvalue weighted by molar-refractivity contribution is 6.31. The van der Waals surface area contributed by atoms with Crippen molar-refractivity contribution in [3.63, 3.8) is 0 Å². The van der Waals surface area contributed by atoms with Gasteiger partial charge in [-0.15, -0.1) is 10.2 Å². The van der Waals surface area contributed by atoms with Crippen LogP contribution in [0, 0.1) is 25.5 Å². The van der Waals surface area contributed by atoms with Gasteiger partial charge in [0.2, 0.25) is 11.8 Å². The van der Waals surface area contributed by atoms with E-state index in [-0.39, 0.29) is 16.8 Å². The van der Waals surface area contributed by atoms with E-state index in [1.54, 1.807) is 18.2 Å². The first-order valence-electron chi connectivity index (χ1n) is 9.29. The minimum Gasteiger partial charge on any atom is -0.418 e. The van der Waals surface area contributed by atoms with E-state index in [0.29, 0.717) is 11.1 Å². The molecule has 0 amide bonds. The summed E-state index contributed by atoms with van der Waals surface area (Å²) in [6.07, 6.45) is 0. The molecule has 1 unspecified atom stereocenters. The van der Waals surface area contributed by atoms with Gasteiger partial charge in [-0.1, -0.05) is 41.4 Å². The number of hydrogen-bond donors (Lipinski definition) is 1. The van der Waals surface area contributed by atoms with Gasteiger partial charge in [0, 0.05) is 21.8 Å². The SMILES string of the molecule is Cc1ccc(NC(c2nnc(-c3cccc(F)c3)o2)c2ccc(F)cc2Cl)c(C)c1. The third-order valence-electron chi connectivity index (χ3n) is 4.71. The number of aromatic nitrogens is 2. The number of rotatable bonds is 5. The fourth-order valence-corrected chi connectivity index (χ4v) is 3.50. The van der Waals surface area contributed by atoms with Gasteiger partial charge >= 0.3 is 0 Å². The molecule has 0 saturated carbocycles. The zero-order valence-electron chi connectivity index (χ0n) is 16.3. The lowest BCUT2D eigenvalue weighted by Crippen LogP contribution is -2.14. The molecule has 4 nitrogen and oxygen atoms in total. The number of halogens is 3. The number of hydrogen-bond acceptors (Lipinski definition) is 4. The van der Waals surface area contributed by atoms with Gasteiger partial charge in [-0.2, -0.15) is 0 Å². The van der Waals surface area contributed by atoms with Crippen molar-refractivity contribution in [2.24, 2.45) is 0 Å². The van der Waals surface area contributed by atoms with Crippen LogP contribution in [-0.4, -0.2) is 10.2 Å². The molecule has 0 aliphatic heterocycles. The molecule has 0 saturated heterocycles. The Morgan fingerprint density at radius 2 is 1.73 bits per heavy atom. The number of anilines is 1. The van der Waals surface area contributed by atoms with Crippen LogP contribution < -0.4 is 5.32 Å². The third-order valence-corrected chi connectivity index (χ3v) is 5.04. The van der Waals surface area contributed by atoms with Crippen molar-refractivity contribution in [1.82, 2.24) is 10.2 Å². The Hall–Kier alpha value is -3.25. The summed E-state index contributed by atoms with van der Waals surface area (Å²) in [7, 11) is 0. The van der Waals surface area contributed by atoms with Gasteiger partial charge in [0.25, 0.3) is 0 Å². The Labute approximate surface area is 177 Å². The van der Waals surface area contributed by atoms with Crippen LogP contribution in [0.3, 0.4) is 0 Å². The van der Waals surface area contributed by atoms with Crippen molar-refractivity contribution < 1.29 is 13.2 Å². The van der Waals surface area contributed by atoms with E-state index in [0.717, 1.165) is 16.8 Å². The molecule has 0 spiro atoms. The van der Waals surface area contributed by atoms with E-state index >= 15 is 0 Å². The predicted molar refractivity (Wildman–Crippen MR) is 112 cm³/mol. The molecular formula is C23H18ClF2N3O. The quantitative estimate of drug-likeness (QED) is 0.397. The van der Waals surface area contributed by atoms with Crippen LogP contribution in [0.1, 0.15) is 28.6 Å². The van der Waals surface area contributed by atoms with Crippen molar-refractivity contribution in [1.29, 1.82) is 0 Å². The van der Waals surface area contributed by atoms with E-state index in [4.69, 9.17) is 16.0 Å². The molecule has 0 aliphatic rings. The van der Waals surface area contributed by atoms with Gasteiger partial charge in [-0.05, 0) is 55.8 Å². The maximum atomic E-state index is 13.6. The van der Waals surface area contributed by atoms with Gasteiger partial charge in [-0.3, -0.25) is 0 Å². The van der Waals surface area contributed by atoms with Gasteiger partial charge in [-0.25, -0.2) is 8.78 Å². The first kappa shape index (κ1) is 20.0. The summed E-state index contributed by atoms with van der Waals surface area (Å²) in [5.74, 6) is -0.448. The van der Waals surface area contributed by atoms with Crippen molar-refractivity contribution in [3.8, 4) is 11.5 Å². The van der Waals surface area contributed by atoms with E-state index in [1.807, 2.05) is 32.0 Å². The molecule has 4 aromatic rings. The first-order chi connectivity index (χ1) is 14.4. The van der Waals surface area contributed by atoms with Crippen LogP contribution in [0.25, 0.3) is 11.5 Å². The summed E-state index contributed by atoms with van der Waals surface area (Å²) in [6, 6.07) is 15.4. The van der Waals surface area contributed by atoms with Gasteiger partial charge in [0.05, 0.1) is 0 Å². The van der Waals surface area contributed by atoms with Gasteiger partial charge in [0.1, 0.15) is 17.7 Å². The first-order valence-corrected chi connectivity index (χ1v) is 9.66. The van der Waals surface area contributed by atoms with E-state index in [2.05, 4.69) is 15.5 Å². The topological polar surface area (TPSA) is 51.0 Å². The molecule has 3 aromatic carbocycles. The molecule has 4 rings (SSSR count). The molecule has 30 heavy (non-hydrogen) atoms. The summed E-state index contributed by atoms with van der Waals surface area (Å²) in [5, 5.41) is 11.8. The largest absolute Gasteiger partial charge is 0.418 e. The van der Waals surface area contributed by atoms with Crippen molar-refractivity contribution in [3.05, 3.63) is 99.9 Å². The molecule has 0 aliphatic carbocycles. The Morgan fingerprint density at radius 3 is 2.47 bits per heavy atom. The van der Waals surface area contributed by atoms with Crippen molar-refractivity contribution >= 4 is 17.3 Å². The second-order valence-corrected chi connectivity index (χ2v) is 7.42. The summed E-state index contributed by atoms with van der Waals surface area (Å²) >= 11 is 6.33. The van der Waals surface area contributed by atoms with Crippen LogP contribution in [0.4, 0.5) is 14.5 Å². The Bertz CT molecular complexity index is 1210. The van der Waals surface area contributed by atoms with Crippen LogP contribution in [0.15, 0.2) is 65.1 Å². The highest BCUT2D eigenvalue weighted by Gasteiger charge is 2.24. The number of aryl methyl sites for hydroxylation is 2. The maximum absolute atomic E-state index is 13.6. The normalized spacial score (nSPS) is 12.0. The predicted octanol–water partition coefficient (Wildman–Crippen LogP) is 6.49. The zero-order chi connectivity index (χ0) is 21.3. The molecule has 0 radical (unpaired) electrons. The highest BCUT2D eigenvalue weighted by atomic mass is 35.5. The van der Waals surface area contributed by atoms with E-state index in [9.17, 15) is 8.78 Å². The lowest BCUT2D eigenvalue weighted by Gasteiger charge is -2.20. The molecular weight excluding hydrogens is 408 g/mol. The summed E-state index contributed by atoms with van der Waals surface area (Å²) < 4.78 is 33.1. The number of nitrogens with one attached hydrogen (secondary N) is 1. The second-order valence-electron chi connectivity index (χ2n) is 7.02. The summed E-state index contributed by atoms with van der Waals surface area (Å²) in [4.78, 5) is 0. The van der Waals surface area contributed by atoms with Crippen molar-refractivity contribution in [2.45, 2.75) is 19.9 Å². The van der Waals surface area contributed by atoms with Crippen LogP contribution in [-0.2, 0) is 0 Å². The Morgan fingerprint density at radius 1 is 0.933 bits per heavy atom. The maximum Gasteiger partial charge on any atom is 0.247 e. The molecule has 1 N–H and O–H groups in total. The Kier molecular flexibility index (Phi) is 5.50. The summed E-state index contributed by atoms with van der Waals surface area (Å²) in [6.45, 7) is 3.99. The van der Waals surface area contributed by atoms with Crippen LogP contribution >= 0.6 is 11.6 Å². The minimum absolute atomic E-state index is 0.176. The molecule has 152 valence electrons. The van der Waals surface area contributed by atoms with Crippen LogP contribution in [0.2, 0.25) is 5.02 Å². The lowest BCUT2D eigenvalue weighted by atomic mass is 10.0. The van der Waals surface area contributed by atoms with Gasteiger partial charge < -0.3 is 9.73 Å². The Balaban J connectivity index is 1.77. The monoisotopic (exact) mass is 425 g/mol. The molecule has 0 fully saturated rings. The lowest BCUT2D eigenvalue weighted by molar-refractivity contribution is 0.493. The number of benzene rings is 3. The summed E-state index contributed by atoms with van der Waals surface area (Å²) in [5.41, 5.74) is 4.02. The van der Waals surface area contributed by atoms with Gasteiger partial charge in [0.15, 0.2) is 0 Å². The average molecular weight is 426 g/mol. The van der Waals surface area contributed by atoms with E-state index < -0.39 is 17.7 Å². The third kappa shape index (κ3) is 4.19. The highest BCUT2D eigenvalue weighted by Crippen LogP contribution is 2.34. The van der Waals surface area contributed by atoms with E-state index in [1.165, 1.54) is 24.3 Å². The molecule has 0 bridgehead atoms. The smallest absolute Gasteiger partial charge is 0.247 e.